The highest BCUT2D eigenvalue weighted by atomic mass is 19.1. The number of anilines is 2. The third-order valence-electron chi connectivity index (χ3n) is 2.91. The Hall–Kier alpha value is -1.47. The fourth-order valence-corrected chi connectivity index (χ4v) is 2.01. The predicted molar refractivity (Wildman–Crippen MR) is 64.2 cm³/mol. The molecule has 0 amide bonds. The zero-order chi connectivity index (χ0) is 13.1. The Morgan fingerprint density at radius 2 is 2.33 bits per heavy atom. The van der Waals surface area contributed by atoms with E-state index in [1.165, 1.54) is 0 Å². The molecule has 18 heavy (non-hydrogen) atoms. The van der Waals surface area contributed by atoms with Crippen molar-refractivity contribution in [2.24, 2.45) is 5.84 Å². The van der Waals surface area contributed by atoms with Crippen LogP contribution < -0.4 is 16.2 Å². The van der Waals surface area contributed by atoms with E-state index < -0.39 is 11.6 Å². The molecule has 1 aromatic heterocycles. The Bertz CT molecular complexity index is 424. The molecule has 0 radical (unpaired) electrons. The molecule has 1 saturated heterocycles. The van der Waals surface area contributed by atoms with E-state index in [9.17, 15) is 8.78 Å². The van der Waals surface area contributed by atoms with Crippen molar-refractivity contribution >= 4 is 11.6 Å². The molecule has 1 fully saturated rings. The van der Waals surface area contributed by atoms with Gasteiger partial charge in [0.05, 0.1) is 6.10 Å². The average molecular weight is 258 g/mol. The molecule has 2 rings (SSSR count). The van der Waals surface area contributed by atoms with Gasteiger partial charge in [0.2, 0.25) is 0 Å². The normalized spacial score (nSPS) is 19.0. The highest BCUT2D eigenvalue weighted by molar-refractivity contribution is 5.48. The van der Waals surface area contributed by atoms with Crippen LogP contribution in [0.15, 0.2) is 6.07 Å². The summed E-state index contributed by atoms with van der Waals surface area (Å²) in [7, 11) is 1.69. The number of nitrogens with two attached hydrogens (primary N) is 1. The number of rotatable bonds is 4. The van der Waals surface area contributed by atoms with E-state index in [0.29, 0.717) is 6.54 Å². The van der Waals surface area contributed by atoms with Crippen molar-refractivity contribution in [2.75, 3.05) is 30.5 Å². The first-order valence-corrected chi connectivity index (χ1v) is 5.77. The summed E-state index contributed by atoms with van der Waals surface area (Å²) in [6.07, 6.45) is 2.01. The van der Waals surface area contributed by atoms with E-state index in [4.69, 9.17) is 10.6 Å². The molecule has 1 atom stereocenters. The third kappa shape index (κ3) is 2.68. The molecular weight excluding hydrogens is 242 g/mol. The summed E-state index contributed by atoms with van der Waals surface area (Å²) >= 11 is 0. The third-order valence-corrected chi connectivity index (χ3v) is 2.91. The molecule has 1 unspecified atom stereocenters. The first kappa shape index (κ1) is 13.0. The van der Waals surface area contributed by atoms with E-state index in [-0.39, 0.29) is 17.7 Å². The second-order valence-electron chi connectivity index (χ2n) is 4.28. The van der Waals surface area contributed by atoms with E-state index >= 15 is 0 Å². The minimum absolute atomic E-state index is 0.0554. The lowest BCUT2D eigenvalue weighted by Gasteiger charge is -2.22. The summed E-state index contributed by atoms with van der Waals surface area (Å²) in [5.41, 5.74) is 2.10. The summed E-state index contributed by atoms with van der Waals surface area (Å²) < 4.78 is 32.3. The van der Waals surface area contributed by atoms with E-state index in [1.54, 1.807) is 11.9 Å². The summed E-state index contributed by atoms with van der Waals surface area (Å²) in [5, 5.41) is 0. The maximum Gasteiger partial charge on any atom is 0.178 e. The molecule has 0 bridgehead atoms. The van der Waals surface area contributed by atoms with Crippen LogP contribution in [0, 0.1) is 11.6 Å². The number of halogens is 2. The number of aromatic nitrogens is 1. The zero-order valence-corrected chi connectivity index (χ0v) is 10.1. The highest BCUT2D eigenvalue weighted by Gasteiger charge is 2.21. The minimum atomic E-state index is -0.815. The number of nitrogen functional groups attached to an aromatic ring is 1. The second kappa shape index (κ2) is 5.45. The Balaban J connectivity index is 2.15. The van der Waals surface area contributed by atoms with E-state index in [0.717, 1.165) is 25.5 Å². The first-order chi connectivity index (χ1) is 8.61. The smallest absolute Gasteiger partial charge is 0.178 e. The van der Waals surface area contributed by atoms with Crippen molar-refractivity contribution in [1.82, 2.24) is 4.98 Å². The molecule has 0 spiro atoms. The van der Waals surface area contributed by atoms with Crippen molar-refractivity contribution in [3.63, 3.8) is 0 Å². The van der Waals surface area contributed by atoms with Gasteiger partial charge in [-0.3, -0.25) is 0 Å². The van der Waals surface area contributed by atoms with Gasteiger partial charge in [-0.25, -0.2) is 19.6 Å². The Labute approximate surface area is 104 Å². The molecule has 0 aromatic carbocycles. The van der Waals surface area contributed by atoms with Gasteiger partial charge < -0.3 is 15.1 Å². The molecule has 2 heterocycles. The van der Waals surface area contributed by atoms with Crippen molar-refractivity contribution in [3.05, 3.63) is 17.7 Å². The van der Waals surface area contributed by atoms with Gasteiger partial charge in [0, 0.05) is 26.3 Å². The fraction of sp³-hybridized carbons (Fsp3) is 0.545. The maximum atomic E-state index is 13.6. The van der Waals surface area contributed by atoms with E-state index in [1.807, 2.05) is 0 Å². The number of hydrogen-bond donors (Lipinski definition) is 2. The Morgan fingerprint density at radius 1 is 1.56 bits per heavy atom. The van der Waals surface area contributed by atoms with Crippen molar-refractivity contribution in [1.29, 1.82) is 0 Å². The van der Waals surface area contributed by atoms with Crippen LogP contribution in [0.2, 0.25) is 0 Å². The lowest BCUT2D eigenvalue weighted by Crippen LogP contribution is -2.30. The molecule has 1 aliphatic rings. The van der Waals surface area contributed by atoms with Crippen LogP contribution in [0.5, 0.6) is 0 Å². The molecule has 1 aliphatic heterocycles. The molecule has 100 valence electrons. The summed E-state index contributed by atoms with van der Waals surface area (Å²) in [6.45, 7) is 1.24. The fourth-order valence-electron chi connectivity index (χ4n) is 2.01. The molecule has 0 aliphatic carbocycles. The largest absolute Gasteiger partial charge is 0.376 e. The van der Waals surface area contributed by atoms with Gasteiger partial charge in [-0.15, -0.1) is 0 Å². The van der Waals surface area contributed by atoms with Crippen LogP contribution in [-0.4, -0.2) is 31.3 Å². The number of nitrogens with one attached hydrogen (secondary N) is 1. The summed E-state index contributed by atoms with van der Waals surface area (Å²) in [5.74, 6) is 3.46. The van der Waals surface area contributed by atoms with Gasteiger partial charge >= 0.3 is 0 Å². The Morgan fingerprint density at radius 3 is 2.94 bits per heavy atom. The molecule has 0 saturated carbocycles. The number of nitrogens with zero attached hydrogens (tertiary/aromatic N) is 2. The first-order valence-electron chi connectivity index (χ1n) is 5.77. The van der Waals surface area contributed by atoms with Crippen LogP contribution in [-0.2, 0) is 4.74 Å². The Kier molecular flexibility index (Phi) is 3.93. The predicted octanol–water partition coefficient (Wildman–Crippen LogP) is 1.26. The molecule has 7 heteroatoms. The van der Waals surface area contributed by atoms with Gasteiger partial charge in [-0.1, -0.05) is 0 Å². The second-order valence-corrected chi connectivity index (χ2v) is 4.28. The number of hydrazine groups is 1. The van der Waals surface area contributed by atoms with Gasteiger partial charge in [-0.05, 0) is 12.8 Å². The lowest BCUT2D eigenvalue weighted by molar-refractivity contribution is 0.116. The van der Waals surface area contributed by atoms with Crippen LogP contribution >= 0.6 is 0 Å². The van der Waals surface area contributed by atoms with Gasteiger partial charge in [-0.2, -0.15) is 0 Å². The minimum Gasteiger partial charge on any atom is -0.376 e. The van der Waals surface area contributed by atoms with Gasteiger partial charge in [0.15, 0.2) is 23.3 Å². The molecule has 3 N–H and O–H groups in total. The van der Waals surface area contributed by atoms with Crippen LogP contribution in [0.25, 0.3) is 0 Å². The van der Waals surface area contributed by atoms with Crippen molar-refractivity contribution in [2.45, 2.75) is 18.9 Å². The topological polar surface area (TPSA) is 63.4 Å². The van der Waals surface area contributed by atoms with Gasteiger partial charge in [0.25, 0.3) is 0 Å². The zero-order valence-electron chi connectivity index (χ0n) is 10.1. The lowest BCUT2D eigenvalue weighted by atomic mass is 10.2. The summed E-state index contributed by atoms with van der Waals surface area (Å²) in [6, 6.07) is 0.767. The van der Waals surface area contributed by atoms with Gasteiger partial charge in [0.1, 0.15) is 0 Å². The van der Waals surface area contributed by atoms with Crippen LogP contribution in [0.4, 0.5) is 20.4 Å². The van der Waals surface area contributed by atoms with Crippen molar-refractivity contribution in [3.8, 4) is 0 Å². The van der Waals surface area contributed by atoms with Crippen molar-refractivity contribution < 1.29 is 13.5 Å². The summed E-state index contributed by atoms with van der Waals surface area (Å²) in [4.78, 5) is 5.42. The monoisotopic (exact) mass is 258 g/mol. The quantitative estimate of drug-likeness (QED) is 0.629. The van der Waals surface area contributed by atoms with Crippen LogP contribution in [0.3, 0.4) is 0 Å². The molecular formula is C11H16F2N4O. The van der Waals surface area contributed by atoms with Crippen LogP contribution in [0.1, 0.15) is 12.8 Å². The average Bonchev–Trinajstić information content (AvgIpc) is 2.81. The number of hydrogen-bond acceptors (Lipinski definition) is 5. The SMILES string of the molecule is CN(CC1CCCO1)c1nc(NN)c(F)cc1F. The number of ether oxygens (including phenoxy) is 1. The molecule has 1 aromatic rings. The van der Waals surface area contributed by atoms with E-state index in [2.05, 4.69) is 10.4 Å². The molecule has 5 nitrogen and oxygen atoms in total. The maximum absolute atomic E-state index is 13.6. The standard InChI is InChI=1S/C11H16F2N4O/c1-17(6-7-3-2-4-18-7)11-9(13)5-8(12)10(15-11)16-14/h5,7H,2-4,6,14H2,1H3,(H,15,16). The number of likely N-dealkylation sites (N-methyl/N-ethyl adjacent to an activating group) is 1. The highest BCUT2D eigenvalue weighted by Crippen LogP contribution is 2.22. The number of pyridine rings is 1.